The Labute approximate surface area is 151 Å². The Bertz CT molecular complexity index is 854. The molecule has 0 spiro atoms. The Morgan fingerprint density at radius 1 is 1.09 bits per heavy atom. The summed E-state index contributed by atoms with van der Waals surface area (Å²) in [4.78, 5) is 5.54. The highest BCUT2D eigenvalue weighted by Gasteiger charge is 2.08. The molecule has 0 saturated carbocycles. The van der Waals surface area contributed by atoms with Gasteiger partial charge in [0, 0.05) is 21.4 Å². The van der Waals surface area contributed by atoms with Gasteiger partial charge in [-0.25, -0.2) is 4.99 Å². The van der Waals surface area contributed by atoms with Crippen LogP contribution in [-0.2, 0) is 6.54 Å². The normalized spacial score (nSPS) is 11.9. The van der Waals surface area contributed by atoms with Crippen molar-refractivity contribution in [2.45, 2.75) is 6.54 Å². The van der Waals surface area contributed by atoms with Crippen LogP contribution in [0.2, 0.25) is 5.02 Å². The lowest BCUT2D eigenvalue weighted by Crippen LogP contribution is -2.17. The minimum absolute atomic E-state index is 0.0604. The number of hydrogen-bond acceptors (Lipinski definition) is 3. The molecule has 0 aliphatic heterocycles. The number of aromatic nitrogens is 1. The standard InChI is InChI=1S/C17H14BrClN2OS/c18-13-3-7-15(8-4-13)20-17-21(9-10-22)16(11-23-17)12-1-5-14(19)6-2-12/h1-8,11,22H,9-10H2. The van der Waals surface area contributed by atoms with Gasteiger partial charge in [-0.05, 0) is 42.0 Å². The smallest absolute Gasteiger partial charge is 0.190 e. The lowest BCUT2D eigenvalue weighted by Gasteiger charge is -2.07. The Hall–Kier alpha value is -1.40. The Morgan fingerprint density at radius 3 is 2.43 bits per heavy atom. The Balaban J connectivity index is 2.08. The number of aliphatic hydroxyl groups is 1. The van der Waals surface area contributed by atoms with Crippen molar-refractivity contribution in [2.24, 2.45) is 4.99 Å². The number of rotatable bonds is 4. The van der Waals surface area contributed by atoms with Crippen molar-refractivity contribution >= 4 is 44.6 Å². The van der Waals surface area contributed by atoms with Crippen LogP contribution in [0.5, 0.6) is 0 Å². The summed E-state index contributed by atoms with van der Waals surface area (Å²) in [5.41, 5.74) is 2.96. The van der Waals surface area contributed by atoms with E-state index in [0.29, 0.717) is 11.6 Å². The lowest BCUT2D eigenvalue weighted by molar-refractivity contribution is 0.275. The third-order valence-electron chi connectivity index (χ3n) is 3.31. The summed E-state index contributed by atoms with van der Waals surface area (Å²) in [7, 11) is 0. The monoisotopic (exact) mass is 408 g/mol. The highest BCUT2D eigenvalue weighted by Crippen LogP contribution is 2.23. The number of aliphatic hydroxyl groups excluding tert-OH is 1. The lowest BCUT2D eigenvalue weighted by atomic mass is 10.2. The zero-order valence-electron chi connectivity index (χ0n) is 12.1. The van der Waals surface area contributed by atoms with Gasteiger partial charge < -0.3 is 9.67 Å². The van der Waals surface area contributed by atoms with Crippen molar-refractivity contribution in [3.8, 4) is 11.3 Å². The van der Waals surface area contributed by atoms with Crippen LogP contribution in [-0.4, -0.2) is 16.3 Å². The van der Waals surface area contributed by atoms with Crippen LogP contribution >= 0.6 is 38.9 Å². The second-order valence-corrected chi connectivity index (χ2v) is 7.06. The number of nitrogens with zero attached hydrogens (tertiary/aromatic N) is 2. The Kier molecular flexibility index (Phi) is 5.33. The molecule has 0 aliphatic rings. The highest BCUT2D eigenvalue weighted by atomic mass is 79.9. The van der Waals surface area contributed by atoms with Crippen molar-refractivity contribution < 1.29 is 5.11 Å². The van der Waals surface area contributed by atoms with E-state index in [-0.39, 0.29) is 6.61 Å². The second kappa shape index (κ2) is 7.45. The van der Waals surface area contributed by atoms with E-state index in [1.54, 1.807) is 11.3 Å². The number of benzene rings is 2. The number of halogens is 2. The summed E-state index contributed by atoms with van der Waals surface area (Å²) in [5.74, 6) is 0. The van der Waals surface area contributed by atoms with Crippen LogP contribution in [0.1, 0.15) is 0 Å². The van der Waals surface area contributed by atoms with Gasteiger partial charge in [-0.1, -0.05) is 39.7 Å². The summed E-state index contributed by atoms with van der Waals surface area (Å²) < 4.78 is 3.04. The van der Waals surface area contributed by atoms with Crippen LogP contribution in [0.4, 0.5) is 5.69 Å². The second-order valence-electron chi connectivity index (χ2n) is 4.87. The first-order valence-corrected chi connectivity index (χ1v) is 9.08. The summed E-state index contributed by atoms with van der Waals surface area (Å²) in [6.45, 7) is 0.557. The van der Waals surface area contributed by atoms with E-state index in [2.05, 4.69) is 26.3 Å². The van der Waals surface area contributed by atoms with E-state index in [1.807, 2.05) is 53.1 Å². The fourth-order valence-corrected chi connectivity index (χ4v) is 3.56. The van der Waals surface area contributed by atoms with Crippen molar-refractivity contribution in [1.29, 1.82) is 0 Å². The van der Waals surface area contributed by atoms with Crippen LogP contribution < -0.4 is 4.80 Å². The Morgan fingerprint density at radius 2 is 1.78 bits per heavy atom. The first-order valence-electron chi connectivity index (χ1n) is 7.03. The van der Waals surface area contributed by atoms with Crippen molar-refractivity contribution in [2.75, 3.05) is 6.61 Å². The molecular formula is C17H14BrClN2OS. The average Bonchev–Trinajstić information content (AvgIpc) is 2.94. The van der Waals surface area contributed by atoms with E-state index in [0.717, 1.165) is 26.2 Å². The van der Waals surface area contributed by atoms with Crippen LogP contribution in [0, 0.1) is 0 Å². The van der Waals surface area contributed by atoms with Crippen LogP contribution in [0.15, 0.2) is 63.4 Å². The van der Waals surface area contributed by atoms with Gasteiger partial charge in [-0.15, -0.1) is 11.3 Å². The summed E-state index contributed by atoms with van der Waals surface area (Å²) in [6, 6.07) is 15.5. The summed E-state index contributed by atoms with van der Waals surface area (Å²) in [6.07, 6.45) is 0. The first kappa shape index (κ1) is 16.5. The van der Waals surface area contributed by atoms with E-state index < -0.39 is 0 Å². The highest BCUT2D eigenvalue weighted by molar-refractivity contribution is 9.10. The summed E-state index contributed by atoms with van der Waals surface area (Å²) >= 11 is 10.9. The van der Waals surface area contributed by atoms with E-state index >= 15 is 0 Å². The molecule has 1 aromatic heterocycles. The SMILES string of the molecule is OCCn1c(-c2ccc(Cl)cc2)csc1=Nc1ccc(Br)cc1. The topological polar surface area (TPSA) is 37.5 Å². The number of hydrogen-bond donors (Lipinski definition) is 1. The van der Waals surface area contributed by atoms with Crippen molar-refractivity contribution in [1.82, 2.24) is 4.57 Å². The predicted octanol–water partition coefficient (Wildman–Crippen LogP) is 4.86. The largest absolute Gasteiger partial charge is 0.395 e. The molecule has 0 saturated heterocycles. The molecule has 0 unspecified atom stereocenters. The zero-order valence-corrected chi connectivity index (χ0v) is 15.3. The molecule has 3 aromatic rings. The fourth-order valence-electron chi connectivity index (χ4n) is 2.21. The molecule has 23 heavy (non-hydrogen) atoms. The van der Waals surface area contributed by atoms with Gasteiger partial charge in [-0.2, -0.15) is 0 Å². The first-order chi connectivity index (χ1) is 11.2. The molecule has 1 heterocycles. The predicted molar refractivity (Wildman–Crippen MR) is 99.2 cm³/mol. The molecule has 3 nitrogen and oxygen atoms in total. The van der Waals surface area contributed by atoms with Crippen molar-refractivity contribution in [3.05, 3.63) is 68.2 Å². The molecule has 0 bridgehead atoms. The summed E-state index contributed by atoms with van der Waals surface area (Å²) in [5, 5.41) is 12.2. The minimum atomic E-state index is 0.0604. The molecule has 0 radical (unpaired) electrons. The van der Waals surface area contributed by atoms with Crippen molar-refractivity contribution in [3.63, 3.8) is 0 Å². The molecule has 118 valence electrons. The maximum atomic E-state index is 9.40. The van der Waals surface area contributed by atoms with Gasteiger partial charge in [0.1, 0.15) is 0 Å². The van der Waals surface area contributed by atoms with Crippen LogP contribution in [0.3, 0.4) is 0 Å². The third kappa shape index (κ3) is 3.93. The molecule has 3 rings (SSSR count). The van der Waals surface area contributed by atoms with E-state index in [9.17, 15) is 5.11 Å². The third-order valence-corrected chi connectivity index (χ3v) is 4.96. The molecule has 0 atom stereocenters. The van der Waals surface area contributed by atoms with Gasteiger partial charge >= 0.3 is 0 Å². The molecule has 6 heteroatoms. The molecule has 0 fully saturated rings. The number of thiazole rings is 1. The van der Waals surface area contributed by atoms with Gasteiger partial charge in [0.15, 0.2) is 4.80 Å². The molecule has 0 amide bonds. The van der Waals surface area contributed by atoms with Gasteiger partial charge in [-0.3, -0.25) is 0 Å². The van der Waals surface area contributed by atoms with Gasteiger partial charge in [0.05, 0.1) is 18.0 Å². The zero-order chi connectivity index (χ0) is 16.2. The van der Waals surface area contributed by atoms with Gasteiger partial charge in [0.25, 0.3) is 0 Å². The maximum absolute atomic E-state index is 9.40. The average molecular weight is 410 g/mol. The van der Waals surface area contributed by atoms with E-state index in [4.69, 9.17) is 11.6 Å². The molecule has 1 N–H and O–H groups in total. The quantitative estimate of drug-likeness (QED) is 0.656. The fraction of sp³-hybridized carbons (Fsp3) is 0.118. The molecule has 0 aliphatic carbocycles. The molecular weight excluding hydrogens is 396 g/mol. The minimum Gasteiger partial charge on any atom is -0.395 e. The maximum Gasteiger partial charge on any atom is 0.190 e. The molecule has 2 aromatic carbocycles. The van der Waals surface area contributed by atoms with Crippen LogP contribution in [0.25, 0.3) is 11.3 Å². The van der Waals surface area contributed by atoms with Gasteiger partial charge in [0.2, 0.25) is 0 Å². The van der Waals surface area contributed by atoms with E-state index in [1.165, 1.54) is 0 Å².